The average molecular weight is 451 g/mol. The standard InChI is InChI=1S/C25H38O7/c1-14-22-19-7-8-21(30-16(3)27)23(19,5)11-10-20(22)24(6)12-9-18(29-15(2)26)13-25(14,32-24)31-17(4)28/h14,18-22H,7-13H2,1-6H3/t14-,18+,19+,20+,21+,22+,23+,24-,25+/m1/s1. The second kappa shape index (κ2) is 8.00. The smallest absolute Gasteiger partial charge is 0.305 e. The third kappa shape index (κ3) is 3.74. The van der Waals surface area contributed by atoms with Crippen molar-refractivity contribution >= 4 is 17.9 Å². The maximum absolute atomic E-state index is 12.3. The van der Waals surface area contributed by atoms with Crippen molar-refractivity contribution in [3.63, 3.8) is 0 Å². The molecule has 2 heterocycles. The fraction of sp³-hybridized carbons (Fsp3) is 0.880. The predicted molar refractivity (Wildman–Crippen MR) is 115 cm³/mol. The summed E-state index contributed by atoms with van der Waals surface area (Å²) >= 11 is 0. The Hall–Kier alpha value is -1.63. The number of hydrogen-bond acceptors (Lipinski definition) is 7. The van der Waals surface area contributed by atoms with Crippen molar-refractivity contribution in [1.82, 2.24) is 0 Å². The van der Waals surface area contributed by atoms with E-state index in [4.69, 9.17) is 18.9 Å². The zero-order valence-corrected chi connectivity index (χ0v) is 20.3. The van der Waals surface area contributed by atoms with Crippen molar-refractivity contribution in [3.8, 4) is 0 Å². The summed E-state index contributed by atoms with van der Waals surface area (Å²) in [5.41, 5.74) is -0.562. The fourth-order valence-corrected chi connectivity index (χ4v) is 7.87. The lowest BCUT2D eigenvalue weighted by Crippen LogP contribution is -2.65. The van der Waals surface area contributed by atoms with Crippen molar-refractivity contribution < 1.29 is 33.3 Å². The molecule has 2 saturated carbocycles. The molecule has 0 amide bonds. The average Bonchev–Trinajstić information content (AvgIpc) is 2.92. The first-order chi connectivity index (χ1) is 14.9. The van der Waals surface area contributed by atoms with Crippen molar-refractivity contribution in [2.45, 2.75) is 110 Å². The van der Waals surface area contributed by atoms with Crippen molar-refractivity contribution in [2.24, 2.45) is 29.1 Å². The molecule has 2 saturated heterocycles. The Morgan fingerprint density at radius 1 is 0.844 bits per heavy atom. The lowest BCUT2D eigenvalue weighted by atomic mass is 9.51. The molecule has 0 radical (unpaired) electrons. The van der Waals surface area contributed by atoms with Crippen molar-refractivity contribution in [1.29, 1.82) is 0 Å². The van der Waals surface area contributed by atoms with E-state index in [1.165, 1.54) is 20.8 Å². The maximum Gasteiger partial charge on any atom is 0.305 e. The number of carbonyl (C=O) groups excluding carboxylic acids is 3. The first kappa shape index (κ1) is 23.5. The van der Waals surface area contributed by atoms with Gasteiger partial charge < -0.3 is 18.9 Å². The minimum Gasteiger partial charge on any atom is -0.462 e. The summed E-state index contributed by atoms with van der Waals surface area (Å²) in [6, 6.07) is 0. The molecule has 2 bridgehead atoms. The minimum atomic E-state index is -1.13. The zero-order valence-electron chi connectivity index (χ0n) is 20.3. The van der Waals surface area contributed by atoms with E-state index in [-0.39, 0.29) is 47.4 Å². The van der Waals surface area contributed by atoms with Crippen LogP contribution in [0.5, 0.6) is 0 Å². The van der Waals surface area contributed by atoms with Crippen molar-refractivity contribution in [3.05, 3.63) is 0 Å². The predicted octanol–water partition coefficient (Wildman–Crippen LogP) is 4.16. The highest BCUT2D eigenvalue weighted by atomic mass is 16.7. The van der Waals surface area contributed by atoms with Gasteiger partial charge in [-0.25, -0.2) is 0 Å². The number of carbonyl (C=O) groups is 3. The molecule has 0 aromatic heterocycles. The van der Waals surface area contributed by atoms with Gasteiger partial charge in [0.05, 0.1) is 12.0 Å². The Bertz CT molecular complexity index is 795. The monoisotopic (exact) mass is 450 g/mol. The van der Waals surface area contributed by atoms with Crippen LogP contribution < -0.4 is 0 Å². The van der Waals surface area contributed by atoms with Gasteiger partial charge in [-0.15, -0.1) is 0 Å². The van der Waals surface area contributed by atoms with E-state index in [1.54, 1.807) is 0 Å². The van der Waals surface area contributed by atoms with Gasteiger partial charge in [0.15, 0.2) is 0 Å². The first-order valence-electron chi connectivity index (χ1n) is 12.1. The summed E-state index contributed by atoms with van der Waals surface area (Å²) in [7, 11) is 0. The first-order valence-corrected chi connectivity index (χ1v) is 12.1. The molecule has 4 aliphatic rings. The lowest BCUT2D eigenvalue weighted by molar-refractivity contribution is -0.358. The summed E-state index contributed by atoms with van der Waals surface area (Å²) in [6.45, 7) is 10.9. The van der Waals surface area contributed by atoms with Gasteiger partial charge in [0, 0.05) is 32.1 Å². The van der Waals surface area contributed by atoms with E-state index >= 15 is 0 Å². The van der Waals surface area contributed by atoms with Crippen LogP contribution in [0, 0.1) is 29.1 Å². The van der Waals surface area contributed by atoms with Gasteiger partial charge in [-0.05, 0) is 63.2 Å². The van der Waals surface area contributed by atoms with Crippen LogP contribution in [-0.4, -0.2) is 41.5 Å². The highest BCUT2D eigenvalue weighted by Gasteiger charge is 2.67. The Morgan fingerprint density at radius 2 is 1.53 bits per heavy atom. The lowest BCUT2D eigenvalue weighted by Gasteiger charge is -2.62. The summed E-state index contributed by atoms with van der Waals surface area (Å²) in [6.07, 6.45) is 5.18. The Morgan fingerprint density at radius 3 is 2.16 bits per heavy atom. The van der Waals surface area contributed by atoms with Crippen LogP contribution in [0.4, 0.5) is 0 Å². The van der Waals surface area contributed by atoms with Gasteiger partial charge in [-0.3, -0.25) is 14.4 Å². The van der Waals surface area contributed by atoms with Gasteiger partial charge in [0.25, 0.3) is 0 Å². The molecule has 7 heteroatoms. The molecule has 4 fully saturated rings. The molecule has 0 aromatic carbocycles. The maximum atomic E-state index is 12.3. The van der Waals surface area contributed by atoms with Crippen LogP contribution in [0.2, 0.25) is 0 Å². The van der Waals surface area contributed by atoms with Gasteiger partial charge in [-0.1, -0.05) is 13.8 Å². The van der Waals surface area contributed by atoms with Crippen LogP contribution >= 0.6 is 0 Å². The van der Waals surface area contributed by atoms with Crippen LogP contribution in [0.3, 0.4) is 0 Å². The zero-order chi connectivity index (χ0) is 23.5. The largest absolute Gasteiger partial charge is 0.462 e. The minimum absolute atomic E-state index is 0.0682. The number of esters is 3. The number of fused-ring (bicyclic) bond motifs is 6. The molecule has 9 atom stereocenters. The molecule has 2 aliphatic carbocycles. The van der Waals surface area contributed by atoms with E-state index in [0.29, 0.717) is 24.7 Å². The number of hydrogen-bond donors (Lipinski definition) is 0. The summed E-state index contributed by atoms with van der Waals surface area (Å²) < 4.78 is 24.2. The second-order valence-corrected chi connectivity index (χ2v) is 11.1. The molecule has 7 nitrogen and oxygen atoms in total. The Kier molecular flexibility index (Phi) is 5.88. The number of rotatable bonds is 3. The molecular weight excluding hydrogens is 412 g/mol. The Labute approximate surface area is 190 Å². The molecule has 0 spiro atoms. The molecule has 0 unspecified atom stereocenters. The van der Waals surface area contributed by atoms with Crippen LogP contribution in [0.25, 0.3) is 0 Å². The summed E-state index contributed by atoms with van der Waals surface area (Å²) in [4.78, 5) is 35.8. The van der Waals surface area contributed by atoms with Gasteiger partial charge in [0.1, 0.15) is 12.2 Å². The molecule has 2 aliphatic heterocycles. The highest BCUT2D eigenvalue weighted by molar-refractivity contribution is 5.67. The summed E-state index contributed by atoms with van der Waals surface area (Å²) in [5, 5.41) is 0. The van der Waals surface area contributed by atoms with E-state index in [2.05, 4.69) is 20.8 Å². The molecular formula is C25H38O7. The van der Waals surface area contributed by atoms with Gasteiger partial charge in [0.2, 0.25) is 5.79 Å². The third-order valence-electron chi connectivity index (χ3n) is 9.14. The van der Waals surface area contributed by atoms with E-state index in [9.17, 15) is 14.4 Å². The van der Waals surface area contributed by atoms with Gasteiger partial charge >= 0.3 is 17.9 Å². The van der Waals surface area contributed by atoms with Crippen LogP contribution in [0.15, 0.2) is 0 Å². The molecule has 180 valence electrons. The van der Waals surface area contributed by atoms with Gasteiger partial charge in [-0.2, -0.15) is 0 Å². The quantitative estimate of drug-likeness (QED) is 0.471. The van der Waals surface area contributed by atoms with Crippen molar-refractivity contribution in [2.75, 3.05) is 0 Å². The van der Waals surface area contributed by atoms with Crippen LogP contribution in [0.1, 0.15) is 86.5 Å². The topological polar surface area (TPSA) is 88.1 Å². The van der Waals surface area contributed by atoms with E-state index in [1.807, 2.05) is 0 Å². The van der Waals surface area contributed by atoms with E-state index in [0.717, 1.165) is 32.1 Å². The van der Waals surface area contributed by atoms with Crippen LogP contribution in [-0.2, 0) is 33.3 Å². The Balaban J connectivity index is 1.74. The molecule has 0 aromatic rings. The highest BCUT2D eigenvalue weighted by Crippen LogP contribution is 2.66. The molecule has 32 heavy (non-hydrogen) atoms. The SMILES string of the molecule is CC(=O)O[C@H]1CC[C@@]2(C)O[C@@](OC(C)=O)(C1)[C@H](C)[C@H]1[C@@H]3CC[C@H](OC(C)=O)[C@@]3(C)CC[C@@H]12. The molecule has 4 rings (SSSR count). The fourth-order valence-electron chi connectivity index (χ4n) is 7.87. The van der Waals surface area contributed by atoms with E-state index < -0.39 is 11.4 Å². The normalized spacial score (nSPS) is 47.4. The summed E-state index contributed by atoms with van der Waals surface area (Å²) in [5.74, 6) is -1.20. The number of ether oxygens (including phenoxy) is 4. The second-order valence-electron chi connectivity index (χ2n) is 11.1. The molecule has 0 N–H and O–H groups in total. The third-order valence-corrected chi connectivity index (χ3v) is 9.14.